The first-order valence-corrected chi connectivity index (χ1v) is 30.7. The Labute approximate surface area is 492 Å². The highest BCUT2D eigenvalue weighted by atomic mass is 32.1. The second kappa shape index (κ2) is 18.3. The second-order valence-corrected chi connectivity index (χ2v) is 25.5. The normalized spacial score (nSPS) is 14.1. The molecule has 1 aromatic heterocycles. The van der Waals surface area contributed by atoms with Gasteiger partial charge in [-0.2, -0.15) is 0 Å². The van der Waals surface area contributed by atoms with Gasteiger partial charge in [0.25, 0.3) is 13.4 Å². The summed E-state index contributed by atoms with van der Waals surface area (Å²) in [6.07, 6.45) is 0. The van der Waals surface area contributed by atoms with E-state index in [0.29, 0.717) is 17.8 Å². The maximum atomic E-state index is 2.71. The zero-order valence-corrected chi connectivity index (χ0v) is 48.4. The van der Waals surface area contributed by atoms with Crippen molar-refractivity contribution >= 4 is 169 Å². The number of nitrogens with zero attached hydrogens (tertiary/aromatic N) is 4. The van der Waals surface area contributed by atoms with Crippen LogP contribution in [-0.4, -0.2) is 20.1 Å². The first-order valence-electron chi connectivity index (χ1n) is 29.9. The number of thiophene rings is 1. The minimum absolute atomic E-state index is 0.0384. The van der Waals surface area contributed by atoms with Crippen molar-refractivity contribution in [2.75, 3.05) is 19.6 Å². The number of anilines is 12. The molecule has 0 unspecified atom stereocenters. The first-order chi connectivity index (χ1) is 40.7. The Morgan fingerprint density at radius 1 is 0.301 bits per heavy atom. The van der Waals surface area contributed by atoms with Gasteiger partial charge in [-0.15, -0.1) is 11.3 Å². The van der Waals surface area contributed by atoms with Crippen LogP contribution in [0.3, 0.4) is 0 Å². The van der Waals surface area contributed by atoms with E-state index in [2.05, 4.69) is 292 Å². The lowest BCUT2D eigenvalue weighted by molar-refractivity contribution is 0.812. The summed E-state index contributed by atoms with van der Waals surface area (Å²) >= 11 is 1.96. The molecule has 0 saturated carbocycles. The average molecular weight is 1080 g/mol. The van der Waals surface area contributed by atoms with Crippen LogP contribution in [0.25, 0.3) is 20.2 Å². The second-order valence-electron chi connectivity index (χ2n) is 24.4. The maximum Gasteiger partial charge on any atom is 0.253 e. The molecule has 0 fully saturated rings. The molecule has 5 aliphatic rings. The summed E-state index contributed by atoms with van der Waals surface area (Å²) in [5, 5.41) is 2.65. The summed E-state index contributed by atoms with van der Waals surface area (Å²) in [6, 6.07) is 88.4. The molecule has 0 spiro atoms. The fourth-order valence-corrected chi connectivity index (χ4v) is 16.8. The lowest BCUT2D eigenvalue weighted by Gasteiger charge is -2.51. The van der Waals surface area contributed by atoms with Gasteiger partial charge in [-0.25, -0.2) is 0 Å². The fraction of sp³-hybridized carbons (Fsp3) is 0.120. The summed E-state index contributed by atoms with van der Waals surface area (Å²) in [5.74, 6) is 1.02. The molecule has 0 N–H and O–H groups in total. The van der Waals surface area contributed by atoms with Crippen molar-refractivity contribution in [1.82, 2.24) is 0 Å². The van der Waals surface area contributed by atoms with E-state index in [0.717, 1.165) is 17.1 Å². The van der Waals surface area contributed by atoms with E-state index in [1.807, 2.05) is 11.3 Å². The van der Waals surface area contributed by atoms with E-state index < -0.39 is 0 Å². The molecule has 0 bridgehead atoms. The monoisotopic (exact) mass is 1080 g/mol. The van der Waals surface area contributed by atoms with Crippen LogP contribution in [-0.2, 0) is 0 Å². The summed E-state index contributed by atoms with van der Waals surface area (Å²) < 4.78 is 2.69. The van der Waals surface area contributed by atoms with Crippen molar-refractivity contribution in [2.45, 2.75) is 59.3 Å². The van der Waals surface area contributed by atoms with E-state index in [9.17, 15) is 0 Å². The Morgan fingerprint density at radius 2 is 0.735 bits per heavy atom. The summed E-state index contributed by atoms with van der Waals surface area (Å²) in [5.41, 5.74) is 31.1. The molecular weight excluding hydrogens is 1020 g/mol. The highest BCUT2D eigenvalue weighted by molar-refractivity contribution is 7.28. The van der Waals surface area contributed by atoms with Crippen molar-refractivity contribution in [3.8, 4) is 0 Å². The van der Waals surface area contributed by atoms with Gasteiger partial charge in [-0.3, -0.25) is 0 Å². The van der Waals surface area contributed by atoms with E-state index in [4.69, 9.17) is 0 Å². The van der Waals surface area contributed by atoms with Gasteiger partial charge in [0.05, 0.1) is 0 Å². The zero-order valence-electron chi connectivity index (χ0n) is 47.6. The number of fused-ring (bicyclic) bond motifs is 16. The number of rotatable bonds is 7. The van der Waals surface area contributed by atoms with Gasteiger partial charge in [0.1, 0.15) is 0 Å². The molecule has 5 aliphatic heterocycles. The molecule has 83 heavy (non-hydrogen) atoms. The molecule has 0 radical (unpaired) electrons. The minimum Gasteiger partial charge on any atom is -0.312 e. The third-order valence-electron chi connectivity index (χ3n) is 19.0. The van der Waals surface area contributed by atoms with Crippen molar-refractivity contribution in [1.29, 1.82) is 0 Å². The molecule has 17 rings (SSSR count). The Balaban J connectivity index is 1.03. The number of hydrogen-bond acceptors (Lipinski definition) is 5. The molecule has 11 aromatic carbocycles. The molecule has 6 heterocycles. The van der Waals surface area contributed by atoms with Gasteiger partial charge in [0.2, 0.25) is 6.71 Å². The van der Waals surface area contributed by atoms with Crippen LogP contribution in [0.4, 0.5) is 68.2 Å². The van der Waals surface area contributed by atoms with Crippen LogP contribution < -0.4 is 68.8 Å². The quantitative estimate of drug-likeness (QED) is 0.147. The molecule has 0 aliphatic carbocycles. The molecule has 4 nitrogen and oxygen atoms in total. The number of hydrogen-bond donors (Lipinski definition) is 0. The number of para-hydroxylation sites is 6. The van der Waals surface area contributed by atoms with Gasteiger partial charge < -0.3 is 19.6 Å². The molecule has 394 valence electrons. The SMILES string of the molecule is CC(C)c1cc(C(C)C)c(B2c3ccccc3N(c3ccccc3)c3cc4c(cc32)B2c3ccccc3N3c5ccc6c(sc7ccccc76)c5B5c6ccccc6N(c6ccccc6)c6cc(c2c3c65)N4c2ccccc2)c(C(C)C)c1. The Bertz CT molecular complexity index is 4640. The Morgan fingerprint density at radius 3 is 1.28 bits per heavy atom. The van der Waals surface area contributed by atoms with Crippen molar-refractivity contribution < 1.29 is 0 Å². The van der Waals surface area contributed by atoms with Crippen LogP contribution in [0.5, 0.6) is 0 Å². The minimum atomic E-state index is -0.101. The third kappa shape index (κ3) is 6.84. The van der Waals surface area contributed by atoms with Crippen molar-refractivity contribution in [3.05, 3.63) is 247 Å². The lowest BCUT2D eigenvalue weighted by Crippen LogP contribution is -2.69. The highest BCUT2D eigenvalue weighted by Gasteiger charge is 2.53. The highest BCUT2D eigenvalue weighted by Crippen LogP contribution is 2.52. The van der Waals surface area contributed by atoms with Crippen LogP contribution in [0.1, 0.15) is 76.0 Å². The van der Waals surface area contributed by atoms with Gasteiger partial charge >= 0.3 is 0 Å². The van der Waals surface area contributed by atoms with Crippen LogP contribution in [0, 0.1) is 0 Å². The van der Waals surface area contributed by atoms with E-state index in [1.165, 1.54) is 137 Å². The third-order valence-corrected chi connectivity index (χ3v) is 20.2. The Kier molecular flexibility index (Phi) is 10.7. The summed E-state index contributed by atoms with van der Waals surface area (Å²) in [6.45, 7) is 14.2. The largest absolute Gasteiger partial charge is 0.312 e. The smallest absolute Gasteiger partial charge is 0.253 e. The van der Waals surface area contributed by atoms with Crippen LogP contribution in [0.2, 0.25) is 0 Å². The fourth-order valence-electron chi connectivity index (χ4n) is 15.5. The van der Waals surface area contributed by atoms with E-state index >= 15 is 0 Å². The van der Waals surface area contributed by atoms with Gasteiger partial charge in [0, 0.05) is 83.0 Å². The molecule has 8 heteroatoms. The van der Waals surface area contributed by atoms with Gasteiger partial charge in [-0.05, 0) is 162 Å². The molecule has 0 atom stereocenters. The average Bonchev–Trinajstić information content (AvgIpc) is 1.16. The molecule has 0 saturated heterocycles. The van der Waals surface area contributed by atoms with E-state index in [1.54, 1.807) is 0 Å². The Hall–Kier alpha value is -8.97. The van der Waals surface area contributed by atoms with Crippen LogP contribution in [0.15, 0.2) is 231 Å². The molecular formula is C75H59B3N4S. The summed E-state index contributed by atoms with van der Waals surface area (Å²) in [4.78, 5) is 10.5. The van der Waals surface area contributed by atoms with Crippen molar-refractivity contribution in [2.24, 2.45) is 0 Å². The molecule has 12 aromatic rings. The van der Waals surface area contributed by atoms with Gasteiger partial charge in [0.15, 0.2) is 0 Å². The first kappa shape index (κ1) is 48.7. The topological polar surface area (TPSA) is 13.0 Å². The molecule has 0 amide bonds. The standard InChI is InChI=1S/C75H59B3N4S/c1-45(2)48-40-54(46(3)4)70(55(41-48)47(5)6)76-56-31-17-20-34-61(56)79(49-24-10-7-11-25-49)65-43-66-60(42-59(65)76)77-57-32-18-22-36-63(57)82-64-39-38-53-52-30-16-23-37-69(52)83-75(53)73(64)78-58-33-19-21-35-62(58)80(50-26-12-8-13-27-50)68-44-67(71(77)74(82)72(68)78)81(66)51-28-14-9-15-29-51/h7-47H,1-6H3. The summed E-state index contributed by atoms with van der Waals surface area (Å²) in [7, 11) is 0. The van der Waals surface area contributed by atoms with Crippen molar-refractivity contribution in [3.63, 3.8) is 0 Å². The lowest BCUT2D eigenvalue weighted by atomic mass is 9.28. The maximum absolute atomic E-state index is 2.71. The zero-order chi connectivity index (χ0) is 55.5. The predicted molar refractivity (Wildman–Crippen MR) is 361 cm³/mol. The van der Waals surface area contributed by atoms with E-state index in [-0.39, 0.29) is 20.1 Å². The van der Waals surface area contributed by atoms with Crippen LogP contribution >= 0.6 is 11.3 Å². The number of benzene rings is 11. The van der Waals surface area contributed by atoms with Gasteiger partial charge in [-0.1, -0.05) is 199 Å². The predicted octanol–water partition coefficient (Wildman–Crippen LogP) is 14.4.